The van der Waals surface area contributed by atoms with Gasteiger partial charge in [-0.25, -0.2) is 8.78 Å². The van der Waals surface area contributed by atoms with E-state index in [0.29, 0.717) is 12.0 Å². The summed E-state index contributed by atoms with van der Waals surface area (Å²) in [5, 5.41) is 5.02. The molecule has 0 bridgehead atoms. The van der Waals surface area contributed by atoms with Crippen LogP contribution in [0.1, 0.15) is 15.9 Å². The summed E-state index contributed by atoms with van der Waals surface area (Å²) >= 11 is 0. The van der Waals surface area contributed by atoms with Crippen LogP contribution < -0.4 is 10.6 Å². The van der Waals surface area contributed by atoms with E-state index < -0.39 is 11.7 Å². The fourth-order valence-electron chi connectivity index (χ4n) is 1.96. The summed E-state index contributed by atoms with van der Waals surface area (Å²) in [6, 6.07) is 11.3. The highest BCUT2D eigenvalue weighted by Gasteiger charge is 2.08. The van der Waals surface area contributed by atoms with E-state index in [4.69, 9.17) is 0 Å². The zero-order chi connectivity index (χ0) is 16.7. The monoisotopic (exact) mass is 318 g/mol. The molecule has 0 saturated carbocycles. The van der Waals surface area contributed by atoms with Gasteiger partial charge in [-0.2, -0.15) is 0 Å². The molecule has 2 aromatic carbocycles. The highest BCUT2D eigenvalue weighted by Crippen LogP contribution is 2.06. The Labute approximate surface area is 132 Å². The van der Waals surface area contributed by atoms with Crippen molar-refractivity contribution in [3.8, 4) is 0 Å². The van der Waals surface area contributed by atoms with Gasteiger partial charge < -0.3 is 10.6 Å². The lowest BCUT2D eigenvalue weighted by Crippen LogP contribution is -2.37. The molecule has 120 valence electrons. The van der Waals surface area contributed by atoms with Crippen molar-refractivity contribution >= 4 is 11.8 Å². The maximum absolute atomic E-state index is 13.4. The first-order valence-corrected chi connectivity index (χ1v) is 7.10. The van der Waals surface area contributed by atoms with Crippen LogP contribution in [0.4, 0.5) is 8.78 Å². The van der Waals surface area contributed by atoms with E-state index in [9.17, 15) is 18.4 Å². The van der Waals surface area contributed by atoms with Gasteiger partial charge in [0.15, 0.2) is 0 Å². The van der Waals surface area contributed by atoms with E-state index in [1.165, 1.54) is 30.3 Å². The SMILES string of the molecule is O=C(CNC(=O)c1ccc(F)cc1)NCCc1ccccc1F. The van der Waals surface area contributed by atoms with E-state index in [0.717, 1.165) is 0 Å². The van der Waals surface area contributed by atoms with Gasteiger partial charge in [-0.1, -0.05) is 18.2 Å². The average Bonchev–Trinajstić information content (AvgIpc) is 2.55. The van der Waals surface area contributed by atoms with Crippen LogP contribution in [0.5, 0.6) is 0 Å². The Kier molecular flexibility index (Phi) is 5.80. The molecule has 0 aromatic heterocycles. The van der Waals surface area contributed by atoms with Crippen molar-refractivity contribution in [1.29, 1.82) is 0 Å². The Morgan fingerprint density at radius 3 is 2.30 bits per heavy atom. The highest BCUT2D eigenvalue weighted by atomic mass is 19.1. The Bertz CT molecular complexity index is 687. The molecule has 0 radical (unpaired) electrons. The van der Waals surface area contributed by atoms with Crippen LogP contribution >= 0.6 is 0 Å². The summed E-state index contributed by atoms with van der Waals surface area (Å²) < 4.78 is 26.1. The topological polar surface area (TPSA) is 58.2 Å². The number of hydrogen-bond acceptors (Lipinski definition) is 2. The number of hydrogen-bond donors (Lipinski definition) is 2. The lowest BCUT2D eigenvalue weighted by atomic mass is 10.1. The predicted octanol–water partition coefficient (Wildman–Crippen LogP) is 2.05. The number of halogens is 2. The van der Waals surface area contributed by atoms with Crippen molar-refractivity contribution in [3.05, 3.63) is 71.3 Å². The van der Waals surface area contributed by atoms with Gasteiger partial charge in [0.25, 0.3) is 5.91 Å². The first kappa shape index (κ1) is 16.6. The first-order chi connectivity index (χ1) is 11.1. The number of carbonyl (C=O) groups is 2. The van der Waals surface area contributed by atoms with E-state index in [2.05, 4.69) is 10.6 Å². The second-order valence-electron chi connectivity index (χ2n) is 4.88. The third kappa shape index (κ3) is 5.18. The van der Waals surface area contributed by atoms with Crippen molar-refractivity contribution in [2.24, 2.45) is 0 Å². The standard InChI is InChI=1S/C17H16F2N2O2/c18-14-7-5-13(6-8-14)17(23)21-11-16(22)20-10-9-12-3-1-2-4-15(12)19/h1-8H,9-11H2,(H,20,22)(H,21,23). The summed E-state index contributed by atoms with van der Waals surface area (Å²) in [6.45, 7) is 0.0691. The second kappa shape index (κ2) is 8.03. The minimum absolute atomic E-state index is 0.201. The van der Waals surface area contributed by atoms with Crippen molar-refractivity contribution in [1.82, 2.24) is 10.6 Å². The van der Waals surface area contributed by atoms with Crippen molar-refractivity contribution in [3.63, 3.8) is 0 Å². The second-order valence-corrected chi connectivity index (χ2v) is 4.88. The molecule has 0 heterocycles. The van der Waals surface area contributed by atoms with Gasteiger partial charge in [0.2, 0.25) is 5.91 Å². The van der Waals surface area contributed by atoms with Crippen molar-refractivity contribution in [2.75, 3.05) is 13.1 Å². The number of rotatable bonds is 6. The summed E-state index contributed by atoms with van der Waals surface area (Å²) in [5.74, 6) is -1.59. The Balaban J connectivity index is 1.72. The summed E-state index contributed by atoms with van der Waals surface area (Å²) in [7, 11) is 0. The molecule has 2 N–H and O–H groups in total. The number of nitrogens with one attached hydrogen (secondary N) is 2. The molecule has 0 aliphatic heterocycles. The zero-order valence-electron chi connectivity index (χ0n) is 12.3. The first-order valence-electron chi connectivity index (χ1n) is 7.10. The van der Waals surface area contributed by atoms with Gasteiger partial charge in [0, 0.05) is 12.1 Å². The summed E-state index contributed by atoms with van der Waals surface area (Å²) in [6.07, 6.45) is 0.365. The molecule has 0 unspecified atom stereocenters. The minimum Gasteiger partial charge on any atom is -0.354 e. The molecule has 0 spiro atoms. The fourth-order valence-corrected chi connectivity index (χ4v) is 1.96. The van der Waals surface area contributed by atoms with Crippen LogP contribution in [-0.2, 0) is 11.2 Å². The summed E-state index contributed by atoms with van der Waals surface area (Å²) in [4.78, 5) is 23.4. The molecule has 0 saturated heterocycles. The average molecular weight is 318 g/mol. The molecule has 6 heteroatoms. The largest absolute Gasteiger partial charge is 0.354 e. The number of benzene rings is 2. The van der Waals surface area contributed by atoms with E-state index in [1.807, 2.05) is 0 Å². The zero-order valence-corrected chi connectivity index (χ0v) is 12.3. The van der Waals surface area contributed by atoms with Crippen LogP contribution in [0, 0.1) is 11.6 Å². The smallest absolute Gasteiger partial charge is 0.251 e. The van der Waals surface area contributed by atoms with Gasteiger partial charge >= 0.3 is 0 Å². The Morgan fingerprint density at radius 1 is 0.913 bits per heavy atom. The van der Waals surface area contributed by atoms with Crippen molar-refractivity contribution in [2.45, 2.75) is 6.42 Å². The fraction of sp³-hybridized carbons (Fsp3) is 0.176. The lowest BCUT2D eigenvalue weighted by molar-refractivity contribution is -0.120. The Hall–Kier alpha value is -2.76. The maximum Gasteiger partial charge on any atom is 0.251 e. The van der Waals surface area contributed by atoms with E-state index in [-0.39, 0.29) is 30.4 Å². The van der Waals surface area contributed by atoms with Crippen LogP contribution in [0.3, 0.4) is 0 Å². The molecule has 23 heavy (non-hydrogen) atoms. The number of amides is 2. The minimum atomic E-state index is -0.464. The lowest BCUT2D eigenvalue weighted by Gasteiger charge is -2.07. The number of carbonyl (C=O) groups excluding carboxylic acids is 2. The molecule has 2 aromatic rings. The molecule has 0 aliphatic carbocycles. The van der Waals surface area contributed by atoms with Crippen molar-refractivity contribution < 1.29 is 18.4 Å². The van der Waals surface area contributed by atoms with Gasteiger partial charge in [0.05, 0.1) is 6.54 Å². The van der Waals surface area contributed by atoms with Gasteiger partial charge in [0.1, 0.15) is 11.6 Å². The third-order valence-corrected chi connectivity index (χ3v) is 3.19. The van der Waals surface area contributed by atoms with Crippen LogP contribution in [0.25, 0.3) is 0 Å². The van der Waals surface area contributed by atoms with Gasteiger partial charge in [-0.3, -0.25) is 9.59 Å². The molecule has 2 amide bonds. The predicted molar refractivity (Wildman–Crippen MR) is 81.8 cm³/mol. The third-order valence-electron chi connectivity index (χ3n) is 3.19. The van der Waals surface area contributed by atoms with Crippen LogP contribution in [0.2, 0.25) is 0 Å². The van der Waals surface area contributed by atoms with E-state index >= 15 is 0 Å². The molecule has 0 fully saturated rings. The molecule has 4 nitrogen and oxygen atoms in total. The van der Waals surface area contributed by atoms with E-state index in [1.54, 1.807) is 18.2 Å². The molecular weight excluding hydrogens is 302 g/mol. The molecular formula is C17H16F2N2O2. The molecule has 0 atom stereocenters. The van der Waals surface area contributed by atoms with Gasteiger partial charge in [-0.15, -0.1) is 0 Å². The normalized spacial score (nSPS) is 10.2. The quantitative estimate of drug-likeness (QED) is 0.856. The summed E-state index contributed by atoms with van der Waals surface area (Å²) in [5.41, 5.74) is 0.786. The van der Waals surface area contributed by atoms with Gasteiger partial charge in [-0.05, 0) is 42.3 Å². The molecule has 2 rings (SSSR count). The van der Waals surface area contributed by atoms with Crippen LogP contribution in [0.15, 0.2) is 48.5 Å². The maximum atomic E-state index is 13.4. The molecule has 0 aliphatic rings. The Morgan fingerprint density at radius 2 is 1.61 bits per heavy atom. The van der Waals surface area contributed by atoms with Crippen LogP contribution in [-0.4, -0.2) is 24.9 Å². The highest BCUT2D eigenvalue weighted by molar-refractivity contribution is 5.96.